The van der Waals surface area contributed by atoms with Crippen molar-refractivity contribution >= 4 is 33.7 Å². The molecule has 0 radical (unpaired) electrons. The van der Waals surface area contributed by atoms with E-state index < -0.39 is 5.97 Å². The van der Waals surface area contributed by atoms with E-state index in [-0.39, 0.29) is 0 Å². The molecular formula is C27H20N4O3. The van der Waals surface area contributed by atoms with E-state index in [0.717, 1.165) is 34.0 Å². The number of benzene rings is 3. The summed E-state index contributed by atoms with van der Waals surface area (Å²) in [4.78, 5) is 21.6. The minimum absolute atomic E-state index is 0.402. The molecule has 0 aliphatic carbocycles. The molecule has 34 heavy (non-hydrogen) atoms. The van der Waals surface area contributed by atoms with Crippen LogP contribution in [-0.4, -0.2) is 24.9 Å². The second-order valence-corrected chi connectivity index (χ2v) is 7.98. The molecule has 0 saturated carbocycles. The maximum Gasteiger partial charge on any atom is 0.308 e. The Morgan fingerprint density at radius 1 is 0.824 bits per heavy atom. The van der Waals surface area contributed by atoms with Gasteiger partial charge in [-0.2, -0.15) is 0 Å². The fourth-order valence-electron chi connectivity index (χ4n) is 4.25. The highest BCUT2D eigenvalue weighted by molar-refractivity contribution is 6.01. The van der Waals surface area contributed by atoms with Crippen LogP contribution >= 0.6 is 0 Å². The molecular weight excluding hydrogens is 428 g/mol. The summed E-state index contributed by atoms with van der Waals surface area (Å²) in [6, 6.07) is 25.2. The Bertz CT molecular complexity index is 1680. The van der Waals surface area contributed by atoms with Crippen molar-refractivity contribution in [3.05, 3.63) is 90.9 Å². The lowest BCUT2D eigenvalue weighted by Crippen LogP contribution is -2.02. The van der Waals surface area contributed by atoms with Gasteiger partial charge in [0.1, 0.15) is 22.7 Å². The van der Waals surface area contributed by atoms with Gasteiger partial charge in [0.15, 0.2) is 17.0 Å². The molecule has 0 spiro atoms. The van der Waals surface area contributed by atoms with Crippen LogP contribution in [0.3, 0.4) is 0 Å². The summed E-state index contributed by atoms with van der Waals surface area (Å²) in [7, 11) is 0. The topological polar surface area (TPSA) is 70.7 Å². The summed E-state index contributed by atoms with van der Waals surface area (Å²) in [5, 5.41) is 0.682. The summed E-state index contributed by atoms with van der Waals surface area (Å²) >= 11 is 0. The zero-order valence-corrected chi connectivity index (χ0v) is 18.6. The third-order valence-electron chi connectivity index (χ3n) is 5.67. The fourth-order valence-corrected chi connectivity index (χ4v) is 4.25. The first kappa shape index (κ1) is 20.0. The average molecular weight is 448 g/mol. The first-order valence-electron chi connectivity index (χ1n) is 10.9. The van der Waals surface area contributed by atoms with Crippen LogP contribution in [0.25, 0.3) is 33.4 Å². The lowest BCUT2D eigenvalue weighted by Gasteiger charge is -2.09. The molecule has 7 heteroatoms. The quantitative estimate of drug-likeness (QED) is 0.316. The Hall–Kier alpha value is -4.65. The van der Waals surface area contributed by atoms with Crippen molar-refractivity contribution < 1.29 is 14.3 Å². The third-order valence-corrected chi connectivity index (χ3v) is 5.67. The molecule has 6 rings (SSSR count). The zero-order chi connectivity index (χ0) is 23.2. The number of aromatic nitrogens is 4. The maximum absolute atomic E-state index is 11.9. The SMILES string of the molecule is CC(=O)Oc1cn(-c2ccc(Oc3ccccc3)cc2)c2nc(C)n3c4ccccc4nc3c12. The van der Waals surface area contributed by atoms with Crippen LogP contribution < -0.4 is 9.47 Å². The molecule has 0 N–H and O–H groups in total. The van der Waals surface area contributed by atoms with Crippen molar-refractivity contribution in [3.63, 3.8) is 0 Å². The van der Waals surface area contributed by atoms with Crippen molar-refractivity contribution in [1.29, 1.82) is 0 Å². The average Bonchev–Trinajstić information content (AvgIpc) is 3.39. The molecule has 0 fully saturated rings. The molecule has 0 atom stereocenters. The van der Waals surface area contributed by atoms with Crippen molar-refractivity contribution in [2.75, 3.05) is 0 Å². The van der Waals surface area contributed by atoms with Crippen LogP contribution in [0.5, 0.6) is 17.2 Å². The smallest absolute Gasteiger partial charge is 0.308 e. The highest BCUT2D eigenvalue weighted by Gasteiger charge is 2.21. The molecule has 3 heterocycles. The zero-order valence-electron chi connectivity index (χ0n) is 18.6. The Morgan fingerprint density at radius 2 is 1.53 bits per heavy atom. The minimum Gasteiger partial charge on any atom is -0.457 e. The molecule has 0 bridgehead atoms. The van der Waals surface area contributed by atoms with Gasteiger partial charge in [-0.3, -0.25) is 13.8 Å². The van der Waals surface area contributed by atoms with E-state index >= 15 is 0 Å². The van der Waals surface area contributed by atoms with Gasteiger partial charge in [-0.05, 0) is 55.5 Å². The van der Waals surface area contributed by atoms with E-state index in [2.05, 4.69) is 0 Å². The number of hydrogen-bond acceptors (Lipinski definition) is 5. The van der Waals surface area contributed by atoms with E-state index in [1.165, 1.54) is 6.92 Å². The van der Waals surface area contributed by atoms with Gasteiger partial charge in [0.2, 0.25) is 0 Å². The molecule has 0 aliphatic heterocycles. The second kappa shape index (κ2) is 7.74. The molecule has 3 aromatic heterocycles. The van der Waals surface area contributed by atoms with Crippen molar-refractivity contribution in [1.82, 2.24) is 18.9 Å². The number of fused-ring (bicyclic) bond motifs is 5. The van der Waals surface area contributed by atoms with Gasteiger partial charge >= 0.3 is 5.97 Å². The summed E-state index contributed by atoms with van der Waals surface area (Å²) < 4.78 is 15.4. The van der Waals surface area contributed by atoms with Crippen LogP contribution in [0.4, 0.5) is 0 Å². The van der Waals surface area contributed by atoms with Crippen LogP contribution in [0.1, 0.15) is 12.7 Å². The lowest BCUT2D eigenvalue weighted by molar-refractivity contribution is -0.131. The summed E-state index contributed by atoms with van der Waals surface area (Å²) in [5.74, 6) is 2.29. The number of imidazole rings is 1. The predicted octanol–water partition coefficient (Wildman–Crippen LogP) is 5.85. The van der Waals surface area contributed by atoms with E-state index in [1.54, 1.807) is 6.20 Å². The van der Waals surface area contributed by atoms with Crippen LogP contribution in [0.15, 0.2) is 85.1 Å². The largest absolute Gasteiger partial charge is 0.457 e. The Balaban J connectivity index is 1.53. The Kier molecular flexibility index (Phi) is 4.55. The monoisotopic (exact) mass is 448 g/mol. The molecule has 3 aromatic carbocycles. The normalized spacial score (nSPS) is 11.4. The predicted molar refractivity (Wildman–Crippen MR) is 130 cm³/mol. The summed E-state index contributed by atoms with van der Waals surface area (Å²) in [5.41, 5.74) is 4.02. The van der Waals surface area contributed by atoms with E-state index in [0.29, 0.717) is 22.4 Å². The number of para-hydroxylation sites is 3. The number of carbonyl (C=O) groups excluding carboxylic acids is 1. The van der Waals surface area contributed by atoms with Gasteiger partial charge in [0, 0.05) is 12.6 Å². The minimum atomic E-state index is -0.402. The van der Waals surface area contributed by atoms with Gasteiger partial charge in [-0.25, -0.2) is 9.97 Å². The Labute approximate surface area is 194 Å². The van der Waals surface area contributed by atoms with Crippen LogP contribution in [0, 0.1) is 6.92 Å². The fraction of sp³-hybridized carbons (Fsp3) is 0.0741. The van der Waals surface area contributed by atoms with Crippen LogP contribution in [0.2, 0.25) is 0 Å². The van der Waals surface area contributed by atoms with Crippen LogP contribution in [-0.2, 0) is 4.79 Å². The first-order chi connectivity index (χ1) is 16.6. The highest BCUT2D eigenvalue weighted by Crippen LogP contribution is 2.35. The number of esters is 1. The standard InChI is InChI=1S/C27H20N4O3/c1-17-28-26-25(27-29-22-10-6-7-11-23(22)31(17)27)24(33-18(2)32)16-30(26)19-12-14-21(15-13-19)34-20-8-4-3-5-9-20/h3-16H,1-2H3. The maximum atomic E-state index is 11.9. The molecule has 166 valence electrons. The van der Waals surface area contributed by atoms with Gasteiger partial charge in [0.05, 0.1) is 17.2 Å². The lowest BCUT2D eigenvalue weighted by atomic mass is 10.3. The van der Waals surface area contributed by atoms with Crippen molar-refractivity contribution in [3.8, 4) is 22.9 Å². The highest BCUT2D eigenvalue weighted by atomic mass is 16.5. The number of aryl methyl sites for hydroxylation is 1. The van der Waals surface area contributed by atoms with Crippen molar-refractivity contribution in [2.24, 2.45) is 0 Å². The van der Waals surface area contributed by atoms with E-state index in [4.69, 9.17) is 19.4 Å². The van der Waals surface area contributed by atoms with E-state index in [9.17, 15) is 4.79 Å². The first-order valence-corrected chi connectivity index (χ1v) is 10.9. The molecule has 0 amide bonds. The van der Waals surface area contributed by atoms with Gasteiger partial charge in [-0.15, -0.1) is 0 Å². The number of ether oxygens (including phenoxy) is 2. The molecule has 6 aromatic rings. The van der Waals surface area contributed by atoms with E-state index in [1.807, 2.05) is 94.8 Å². The summed E-state index contributed by atoms with van der Waals surface area (Å²) in [6.45, 7) is 3.33. The number of carbonyl (C=O) groups is 1. The molecule has 7 nitrogen and oxygen atoms in total. The number of nitrogens with zero attached hydrogens (tertiary/aromatic N) is 4. The van der Waals surface area contributed by atoms with Gasteiger partial charge < -0.3 is 9.47 Å². The number of rotatable bonds is 4. The summed E-state index contributed by atoms with van der Waals surface area (Å²) in [6.07, 6.45) is 1.78. The third kappa shape index (κ3) is 3.26. The Morgan fingerprint density at radius 3 is 2.29 bits per heavy atom. The van der Waals surface area contributed by atoms with Gasteiger partial charge in [0.25, 0.3) is 0 Å². The molecule has 0 unspecified atom stereocenters. The number of hydrogen-bond donors (Lipinski definition) is 0. The van der Waals surface area contributed by atoms with Gasteiger partial charge in [-0.1, -0.05) is 30.3 Å². The van der Waals surface area contributed by atoms with Crippen molar-refractivity contribution in [2.45, 2.75) is 13.8 Å². The molecule has 0 aliphatic rings. The second-order valence-electron chi connectivity index (χ2n) is 7.98. The molecule has 0 saturated heterocycles.